The van der Waals surface area contributed by atoms with E-state index in [4.69, 9.17) is 11.6 Å². The molecule has 0 unspecified atom stereocenters. The number of halogens is 2. The first-order valence-electron chi connectivity index (χ1n) is 9.09. The lowest BCUT2D eigenvalue weighted by molar-refractivity contribution is -0.122. The van der Waals surface area contributed by atoms with Crippen LogP contribution in [-0.2, 0) is 4.79 Å². The molecule has 3 aromatic rings. The number of amides is 1. The summed E-state index contributed by atoms with van der Waals surface area (Å²) in [6, 6.07) is 10.8. The van der Waals surface area contributed by atoms with Gasteiger partial charge < -0.3 is 10.6 Å². The van der Waals surface area contributed by atoms with Gasteiger partial charge in [0.2, 0.25) is 5.91 Å². The molecule has 29 heavy (non-hydrogen) atoms. The summed E-state index contributed by atoms with van der Waals surface area (Å²) in [5.74, 6) is 0.0332. The summed E-state index contributed by atoms with van der Waals surface area (Å²) in [7, 11) is 1.65. The number of anilines is 2. The van der Waals surface area contributed by atoms with Crippen molar-refractivity contribution in [2.24, 2.45) is 0 Å². The van der Waals surface area contributed by atoms with Crippen LogP contribution in [0.1, 0.15) is 0 Å². The predicted octanol–water partition coefficient (Wildman–Crippen LogP) is 3.69. The van der Waals surface area contributed by atoms with E-state index in [1.54, 1.807) is 30.9 Å². The van der Waals surface area contributed by atoms with Gasteiger partial charge in [-0.3, -0.25) is 9.69 Å². The van der Waals surface area contributed by atoms with E-state index in [-0.39, 0.29) is 16.6 Å². The average Bonchev–Trinajstić information content (AvgIpc) is 2.70. The summed E-state index contributed by atoms with van der Waals surface area (Å²) in [6.45, 7) is 2.15. The second kappa shape index (κ2) is 8.52. The number of nitrogens with zero attached hydrogens (tertiary/aromatic N) is 3. The molecular formula is C20H19ClFN5OS. The van der Waals surface area contributed by atoms with Gasteiger partial charge in [-0.2, -0.15) is 0 Å². The van der Waals surface area contributed by atoms with Crippen LogP contribution in [0.15, 0.2) is 47.6 Å². The lowest BCUT2D eigenvalue weighted by Crippen LogP contribution is -2.52. The van der Waals surface area contributed by atoms with Crippen LogP contribution in [0, 0.1) is 5.82 Å². The van der Waals surface area contributed by atoms with Gasteiger partial charge in [0.25, 0.3) is 0 Å². The Morgan fingerprint density at radius 3 is 2.93 bits per heavy atom. The van der Waals surface area contributed by atoms with E-state index >= 15 is 0 Å². The molecule has 150 valence electrons. The number of nitrogens with one attached hydrogen (secondary N) is 2. The van der Waals surface area contributed by atoms with Gasteiger partial charge in [-0.25, -0.2) is 14.4 Å². The standard InChI is InChI=1S/C20H19ClFN5OS/c1-23-18(28)10-27-8-13(9-27)29-12-5-6-16-14(7-12)20(25-11-24-16)26-17-4-2-3-15(21)19(17)22/h2-7,11,13H,8-10H2,1H3,(H,23,28)(H,24,25,26). The van der Waals surface area contributed by atoms with E-state index in [0.717, 1.165) is 28.9 Å². The molecule has 0 atom stereocenters. The lowest BCUT2D eigenvalue weighted by Gasteiger charge is -2.38. The number of thioether (sulfide) groups is 1. The molecule has 1 aromatic heterocycles. The van der Waals surface area contributed by atoms with Crippen molar-refractivity contribution in [3.8, 4) is 0 Å². The molecular weight excluding hydrogens is 413 g/mol. The zero-order chi connectivity index (χ0) is 20.4. The molecule has 1 aliphatic rings. The third-order valence-corrected chi connectivity index (χ3v) is 6.13. The van der Waals surface area contributed by atoms with E-state index < -0.39 is 5.82 Å². The van der Waals surface area contributed by atoms with Crippen LogP contribution >= 0.6 is 23.4 Å². The molecule has 1 fully saturated rings. The van der Waals surface area contributed by atoms with Crippen molar-refractivity contribution in [1.82, 2.24) is 20.2 Å². The summed E-state index contributed by atoms with van der Waals surface area (Å²) >= 11 is 7.63. The molecule has 0 saturated carbocycles. The molecule has 4 rings (SSSR count). The van der Waals surface area contributed by atoms with Crippen LogP contribution < -0.4 is 10.6 Å². The zero-order valence-corrected chi connectivity index (χ0v) is 17.2. The first kappa shape index (κ1) is 19.9. The second-order valence-corrected chi connectivity index (χ2v) is 8.52. The van der Waals surface area contributed by atoms with Crippen LogP contribution in [0.2, 0.25) is 5.02 Å². The van der Waals surface area contributed by atoms with Crippen molar-refractivity contribution >= 4 is 51.7 Å². The van der Waals surface area contributed by atoms with E-state index in [1.807, 2.05) is 18.2 Å². The van der Waals surface area contributed by atoms with Crippen LogP contribution in [0.3, 0.4) is 0 Å². The Balaban J connectivity index is 1.51. The Morgan fingerprint density at radius 1 is 1.31 bits per heavy atom. The van der Waals surface area contributed by atoms with Crippen molar-refractivity contribution in [2.45, 2.75) is 10.1 Å². The molecule has 2 heterocycles. The monoisotopic (exact) mass is 431 g/mol. The summed E-state index contributed by atoms with van der Waals surface area (Å²) in [6.07, 6.45) is 1.45. The highest BCUT2D eigenvalue weighted by molar-refractivity contribution is 8.00. The van der Waals surface area contributed by atoms with Gasteiger partial charge >= 0.3 is 0 Å². The van der Waals surface area contributed by atoms with Crippen molar-refractivity contribution in [2.75, 3.05) is 32.0 Å². The van der Waals surface area contributed by atoms with E-state index in [0.29, 0.717) is 17.6 Å². The Labute approximate surface area is 176 Å². The first-order chi connectivity index (χ1) is 14.0. The maximum absolute atomic E-state index is 14.3. The number of likely N-dealkylation sites (tertiary alicyclic amines) is 1. The molecule has 2 aromatic carbocycles. The summed E-state index contributed by atoms with van der Waals surface area (Å²) in [4.78, 5) is 23.2. The summed E-state index contributed by atoms with van der Waals surface area (Å²) in [5, 5.41) is 6.94. The molecule has 1 saturated heterocycles. The fourth-order valence-electron chi connectivity index (χ4n) is 3.14. The minimum Gasteiger partial charge on any atom is -0.358 e. The van der Waals surface area contributed by atoms with Crippen LogP contribution in [-0.4, -0.2) is 52.7 Å². The number of likely N-dealkylation sites (N-methyl/N-ethyl adjacent to an activating group) is 1. The minimum atomic E-state index is -0.517. The fraction of sp³-hybridized carbons (Fsp3) is 0.250. The normalized spacial score (nSPS) is 14.6. The highest BCUT2D eigenvalue weighted by atomic mass is 35.5. The average molecular weight is 432 g/mol. The molecule has 6 nitrogen and oxygen atoms in total. The van der Waals surface area contributed by atoms with Gasteiger partial charge in [0.05, 0.1) is 22.8 Å². The van der Waals surface area contributed by atoms with Gasteiger partial charge in [-0.1, -0.05) is 17.7 Å². The number of fused-ring (bicyclic) bond motifs is 1. The van der Waals surface area contributed by atoms with Crippen LogP contribution in [0.4, 0.5) is 15.9 Å². The predicted molar refractivity (Wildman–Crippen MR) is 114 cm³/mol. The molecule has 0 radical (unpaired) electrons. The van der Waals surface area contributed by atoms with Gasteiger partial charge in [0.15, 0.2) is 5.82 Å². The van der Waals surface area contributed by atoms with Gasteiger partial charge in [-0.15, -0.1) is 11.8 Å². The number of carbonyl (C=O) groups excluding carboxylic acids is 1. The van der Waals surface area contributed by atoms with Gasteiger partial charge in [0, 0.05) is 35.7 Å². The zero-order valence-electron chi connectivity index (χ0n) is 15.7. The molecule has 0 bridgehead atoms. The largest absolute Gasteiger partial charge is 0.358 e. The number of rotatable bonds is 6. The van der Waals surface area contributed by atoms with Crippen molar-refractivity contribution < 1.29 is 9.18 Å². The third-order valence-electron chi connectivity index (χ3n) is 4.68. The van der Waals surface area contributed by atoms with Gasteiger partial charge in [0.1, 0.15) is 12.1 Å². The van der Waals surface area contributed by atoms with E-state index in [2.05, 4.69) is 25.5 Å². The molecule has 0 aliphatic carbocycles. The third kappa shape index (κ3) is 4.44. The van der Waals surface area contributed by atoms with Crippen LogP contribution in [0.25, 0.3) is 10.9 Å². The van der Waals surface area contributed by atoms with Crippen molar-refractivity contribution in [1.29, 1.82) is 0 Å². The Hall–Kier alpha value is -2.42. The molecule has 1 amide bonds. The highest BCUT2D eigenvalue weighted by Gasteiger charge is 2.28. The van der Waals surface area contributed by atoms with E-state index in [1.165, 1.54) is 12.4 Å². The van der Waals surface area contributed by atoms with Crippen LogP contribution in [0.5, 0.6) is 0 Å². The molecule has 9 heteroatoms. The number of hydrogen-bond donors (Lipinski definition) is 2. The van der Waals surface area contributed by atoms with Crippen molar-refractivity contribution in [3.63, 3.8) is 0 Å². The first-order valence-corrected chi connectivity index (χ1v) is 10.3. The number of aromatic nitrogens is 2. The van der Waals surface area contributed by atoms with Crippen molar-refractivity contribution in [3.05, 3.63) is 53.6 Å². The number of hydrogen-bond acceptors (Lipinski definition) is 6. The summed E-state index contributed by atoms with van der Waals surface area (Å²) in [5.41, 5.74) is 1.03. The fourth-order valence-corrected chi connectivity index (χ4v) is 4.60. The van der Waals surface area contributed by atoms with Gasteiger partial charge in [-0.05, 0) is 30.3 Å². The quantitative estimate of drug-likeness (QED) is 0.620. The molecule has 0 spiro atoms. The molecule has 1 aliphatic heterocycles. The highest BCUT2D eigenvalue weighted by Crippen LogP contribution is 2.34. The Kier molecular flexibility index (Phi) is 5.84. The lowest BCUT2D eigenvalue weighted by atomic mass is 10.2. The molecule has 2 N–H and O–H groups in total. The Morgan fingerprint density at radius 2 is 2.14 bits per heavy atom. The maximum Gasteiger partial charge on any atom is 0.233 e. The minimum absolute atomic E-state index is 0.0280. The maximum atomic E-state index is 14.3. The smallest absolute Gasteiger partial charge is 0.233 e. The van der Waals surface area contributed by atoms with E-state index in [9.17, 15) is 9.18 Å². The SMILES string of the molecule is CNC(=O)CN1CC(Sc2ccc3ncnc(Nc4cccc(Cl)c4F)c3c2)C1. The number of benzene rings is 2. The second-order valence-electron chi connectivity index (χ2n) is 6.73. The number of carbonyl (C=O) groups is 1. The summed E-state index contributed by atoms with van der Waals surface area (Å²) < 4.78 is 14.3. The Bertz CT molecular complexity index is 1060. The topological polar surface area (TPSA) is 70.2 Å².